The SMILES string of the molecule is COc1cccc(C(C)CC(=O)N2CCC(Oc3ccnc(C(N)=O)c3)CC2)c1. The van der Waals surface area contributed by atoms with Gasteiger partial charge in [0.1, 0.15) is 23.3 Å². The lowest BCUT2D eigenvalue weighted by atomic mass is 9.96. The number of nitrogens with two attached hydrogens (primary N) is 1. The molecule has 0 aliphatic carbocycles. The van der Waals surface area contributed by atoms with Gasteiger partial charge in [-0.05, 0) is 29.7 Å². The minimum atomic E-state index is -0.582. The molecule has 7 nitrogen and oxygen atoms in total. The van der Waals surface area contributed by atoms with Crippen molar-refractivity contribution in [2.75, 3.05) is 20.2 Å². The molecule has 0 radical (unpaired) electrons. The highest BCUT2D eigenvalue weighted by molar-refractivity contribution is 5.91. The van der Waals surface area contributed by atoms with Gasteiger partial charge in [0, 0.05) is 44.6 Å². The monoisotopic (exact) mass is 397 g/mol. The number of rotatable bonds is 7. The van der Waals surface area contributed by atoms with E-state index in [9.17, 15) is 9.59 Å². The average molecular weight is 397 g/mol. The predicted molar refractivity (Wildman–Crippen MR) is 109 cm³/mol. The number of carbonyl (C=O) groups is 2. The summed E-state index contributed by atoms with van der Waals surface area (Å²) < 4.78 is 11.2. The van der Waals surface area contributed by atoms with Crippen LogP contribution in [0.25, 0.3) is 0 Å². The molecule has 3 rings (SSSR count). The highest BCUT2D eigenvalue weighted by atomic mass is 16.5. The Morgan fingerprint density at radius 2 is 1.97 bits per heavy atom. The molecule has 1 aromatic heterocycles. The summed E-state index contributed by atoms with van der Waals surface area (Å²) in [5.41, 5.74) is 6.54. The molecule has 7 heteroatoms. The zero-order chi connectivity index (χ0) is 20.8. The van der Waals surface area contributed by atoms with Gasteiger partial charge in [0.15, 0.2) is 0 Å². The van der Waals surface area contributed by atoms with Crippen molar-refractivity contribution in [2.45, 2.75) is 38.2 Å². The maximum absolute atomic E-state index is 12.7. The Balaban J connectivity index is 1.50. The maximum Gasteiger partial charge on any atom is 0.267 e. The number of methoxy groups -OCH3 is 1. The Morgan fingerprint density at radius 3 is 2.66 bits per heavy atom. The quantitative estimate of drug-likeness (QED) is 0.775. The van der Waals surface area contributed by atoms with E-state index in [2.05, 4.69) is 11.9 Å². The van der Waals surface area contributed by atoms with Crippen LogP contribution >= 0.6 is 0 Å². The van der Waals surface area contributed by atoms with Crippen LogP contribution < -0.4 is 15.2 Å². The topological polar surface area (TPSA) is 94.8 Å². The van der Waals surface area contributed by atoms with Crippen molar-refractivity contribution in [3.63, 3.8) is 0 Å². The van der Waals surface area contributed by atoms with Crippen molar-refractivity contribution in [1.82, 2.24) is 9.88 Å². The third kappa shape index (κ3) is 5.47. The van der Waals surface area contributed by atoms with Crippen LogP contribution in [0.3, 0.4) is 0 Å². The van der Waals surface area contributed by atoms with Gasteiger partial charge in [-0.3, -0.25) is 14.6 Å². The van der Waals surface area contributed by atoms with Gasteiger partial charge >= 0.3 is 0 Å². The molecule has 1 aliphatic heterocycles. The van der Waals surface area contributed by atoms with Gasteiger partial charge in [0.25, 0.3) is 5.91 Å². The van der Waals surface area contributed by atoms with Crippen LogP contribution in [0.1, 0.15) is 48.2 Å². The molecule has 154 valence electrons. The molecule has 1 fully saturated rings. The first-order valence-corrected chi connectivity index (χ1v) is 9.80. The molecule has 1 atom stereocenters. The van der Waals surface area contributed by atoms with Crippen molar-refractivity contribution in [3.8, 4) is 11.5 Å². The largest absolute Gasteiger partial charge is 0.497 e. The number of aromatic nitrogens is 1. The van der Waals surface area contributed by atoms with Gasteiger partial charge in [0.05, 0.1) is 7.11 Å². The Labute approximate surface area is 170 Å². The molecule has 29 heavy (non-hydrogen) atoms. The molecule has 2 heterocycles. The fourth-order valence-electron chi connectivity index (χ4n) is 3.49. The molecule has 0 spiro atoms. The number of amides is 2. The van der Waals surface area contributed by atoms with E-state index < -0.39 is 5.91 Å². The van der Waals surface area contributed by atoms with Gasteiger partial charge in [-0.25, -0.2) is 0 Å². The van der Waals surface area contributed by atoms with E-state index >= 15 is 0 Å². The third-order valence-electron chi connectivity index (χ3n) is 5.22. The van der Waals surface area contributed by atoms with Gasteiger partial charge in [0.2, 0.25) is 5.91 Å². The second kappa shape index (κ2) is 9.41. The molecule has 2 N–H and O–H groups in total. The summed E-state index contributed by atoms with van der Waals surface area (Å²) in [5.74, 6) is 1.07. The van der Waals surface area contributed by atoms with Crippen LogP contribution in [-0.4, -0.2) is 48.0 Å². The van der Waals surface area contributed by atoms with Crippen molar-refractivity contribution >= 4 is 11.8 Å². The molecule has 2 aromatic rings. The Morgan fingerprint density at radius 1 is 1.21 bits per heavy atom. The molecule has 1 unspecified atom stereocenters. The third-order valence-corrected chi connectivity index (χ3v) is 5.22. The number of piperidine rings is 1. The molecule has 2 amide bonds. The van der Waals surface area contributed by atoms with Gasteiger partial charge in [-0.15, -0.1) is 0 Å². The normalized spacial score (nSPS) is 15.6. The van der Waals surface area contributed by atoms with E-state index in [-0.39, 0.29) is 23.6 Å². The lowest BCUT2D eigenvalue weighted by Gasteiger charge is -2.33. The summed E-state index contributed by atoms with van der Waals surface area (Å²) in [7, 11) is 1.64. The van der Waals surface area contributed by atoms with E-state index in [0.29, 0.717) is 25.3 Å². The molecular weight excluding hydrogens is 370 g/mol. The standard InChI is InChI=1S/C22H27N3O4/c1-15(16-4-3-5-18(13-16)28-2)12-21(26)25-10-7-17(8-11-25)29-19-6-9-24-20(14-19)22(23)27/h3-6,9,13-15,17H,7-8,10-12H2,1-2H3,(H2,23,27). The number of primary amides is 1. The molecule has 0 bridgehead atoms. The number of nitrogens with zero attached hydrogens (tertiary/aromatic N) is 2. The lowest BCUT2D eigenvalue weighted by molar-refractivity contribution is -0.133. The first kappa shape index (κ1) is 20.6. The first-order valence-electron chi connectivity index (χ1n) is 9.80. The van der Waals surface area contributed by atoms with Crippen molar-refractivity contribution < 1.29 is 19.1 Å². The van der Waals surface area contributed by atoms with E-state index in [1.165, 1.54) is 6.20 Å². The average Bonchev–Trinajstić information content (AvgIpc) is 2.74. The number of pyridine rings is 1. The van der Waals surface area contributed by atoms with E-state index in [4.69, 9.17) is 15.2 Å². The van der Waals surface area contributed by atoms with Crippen molar-refractivity contribution in [1.29, 1.82) is 0 Å². The smallest absolute Gasteiger partial charge is 0.267 e. The summed E-state index contributed by atoms with van der Waals surface area (Å²) in [6, 6.07) is 11.1. The Hall–Kier alpha value is -3.09. The summed E-state index contributed by atoms with van der Waals surface area (Å²) in [4.78, 5) is 29.8. The summed E-state index contributed by atoms with van der Waals surface area (Å²) in [6.07, 6.45) is 3.46. The highest BCUT2D eigenvalue weighted by Crippen LogP contribution is 2.25. The van der Waals surface area contributed by atoms with E-state index in [0.717, 1.165) is 24.2 Å². The fraction of sp³-hybridized carbons (Fsp3) is 0.409. The number of hydrogen-bond donors (Lipinski definition) is 1. The zero-order valence-electron chi connectivity index (χ0n) is 16.8. The summed E-state index contributed by atoms with van der Waals surface area (Å²) in [6.45, 7) is 3.37. The predicted octanol–water partition coefficient (Wildman–Crippen LogP) is 2.75. The van der Waals surface area contributed by atoms with Crippen LogP contribution in [-0.2, 0) is 4.79 Å². The summed E-state index contributed by atoms with van der Waals surface area (Å²) in [5, 5.41) is 0. The molecule has 1 aromatic carbocycles. The van der Waals surface area contributed by atoms with Crippen LogP contribution in [0.5, 0.6) is 11.5 Å². The van der Waals surface area contributed by atoms with Crippen LogP contribution in [0.15, 0.2) is 42.6 Å². The Bertz CT molecular complexity index is 863. The molecule has 1 saturated heterocycles. The number of likely N-dealkylation sites (tertiary alicyclic amines) is 1. The number of benzene rings is 1. The van der Waals surface area contributed by atoms with Crippen LogP contribution in [0, 0.1) is 0 Å². The van der Waals surface area contributed by atoms with E-state index in [1.807, 2.05) is 29.2 Å². The molecule has 1 aliphatic rings. The minimum Gasteiger partial charge on any atom is -0.497 e. The van der Waals surface area contributed by atoms with Gasteiger partial charge in [-0.2, -0.15) is 0 Å². The second-order valence-corrected chi connectivity index (χ2v) is 7.32. The highest BCUT2D eigenvalue weighted by Gasteiger charge is 2.25. The second-order valence-electron chi connectivity index (χ2n) is 7.32. The van der Waals surface area contributed by atoms with Crippen molar-refractivity contribution in [3.05, 3.63) is 53.9 Å². The minimum absolute atomic E-state index is 0.00187. The van der Waals surface area contributed by atoms with Gasteiger partial charge in [-0.1, -0.05) is 19.1 Å². The van der Waals surface area contributed by atoms with Crippen LogP contribution in [0.4, 0.5) is 0 Å². The Kier molecular flexibility index (Phi) is 6.69. The number of carbonyl (C=O) groups excluding carboxylic acids is 2. The van der Waals surface area contributed by atoms with Gasteiger partial charge < -0.3 is 20.1 Å². The zero-order valence-corrected chi connectivity index (χ0v) is 16.8. The maximum atomic E-state index is 12.7. The van der Waals surface area contributed by atoms with E-state index in [1.54, 1.807) is 19.2 Å². The fourth-order valence-corrected chi connectivity index (χ4v) is 3.49. The van der Waals surface area contributed by atoms with Crippen LogP contribution in [0.2, 0.25) is 0 Å². The molecular formula is C22H27N3O4. The number of hydrogen-bond acceptors (Lipinski definition) is 5. The number of ether oxygens (including phenoxy) is 2. The molecule has 0 saturated carbocycles. The summed E-state index contributed by atoms with van der Waals surface area (Å²) >= 11 is 0. The van der Waals surface area contributed by atoms with Crippen molar-refractivity contribution in [2.24, 2.45) is 5.73 Å². The lowest BCUT2D eigenvalue weighted by Crippen LogP contribution is -2.42. The first-order chi connectivity index (χ1) is 14.0.